The van der Waals surface area contributed by atoms with Gasteiger partial charge in [0, 0.05) is 0 Å². The van der Waals surface area contributed by atoms with Crippen LogP contribution in [0.1, 0.15) is 30.9 Å². The van der Waals surface area contributed by atoms with Crippen LogP contribution in [0.2, 0.25) is 0 Å². The lowest BCUT2D eigenvalue weighted by Gasteiger charge is -2.28. The van der Waals surface area contributed by atoms with Gasteiger partial charge in [-0.15, -0.1) is 0 Å². The van der Waals surface area contributed by atoms with E-state index in [4.69, 9.17) is 10.8 Å². The average molecular weight is 261 g/mol. The predicted molar refractivity (Wildman–Crippen MR) is 60.1 cm³/mol. The van der Waals surface area contributed by atoms with Crippen molar-refractivity contribution in [3.8, 4) is 0 Å². The Morgan fingerprint density at radius 3 is 1.94 bits per heavy atom. The van der Waals surface area contributed by atoms with E-state index in [2.05, 4.69) is 0 Å². The molecule has 0 aliphatic carbocycles. The lowest BCUT2D eigenvalue weighted by molar-refractivity contribution is -0.204. The normalized spacial score (nSPS) is 15.5. The zero-order valence-electron chi connectivity index (χ0n) is 9.95. The minimum absolute atomic E-state index is 0.141. The summed E-state index contributed by atoms with van der Waals surface area (Å²) >= 11 is 0. The summed E-state index contributed by atoms with van der Waals surface area (Å²) in [5, 5.41) is 8.76. The first-order valence-corrected chi connectivity index (χ1v) is 5.30. The van der Waals surface area contributed by atoms with Crippen molar-refractivity contribution in [2.45, 2.75) is 31.5 Å². The van der Waals surface area contributed by atoms with Crippen molar-refractivity contribution in [3.63, 3.8) is 0 Å². The minimum Gasteiger partial charge on any atom is -0.479 e. The van der Waals surface area contributed by atoms with E-state index in [0.717, 1.165) is 17.7 Å². The number of halogens is 3. The van der Waals surface area contributed by atoms with Gasteiger partial charge in [-0.25, -0.2) is 4.79 Å². The van der Waals surface area contributed by atoms with E-state index in [1.807, 2.05) is 13.8 Å². The molecule has 0 saturated heterocycles. The van der Waals surface area contributed by atoms with Crippen molar-refractivity contribution in [1.29, 1.82) is 0 Å². The van der Waals surface area contributed by atoms with Gasteiger partial charge in [-0.05, 0) is 17.0 Å². The molecule has 1 aromatic rings. The standard InChI is InChI=1S/C12H14F3NO2/c1-7(2)8-3-5-9(6-4-8)11(16,10(17)18)12(13,14)15/h3-7H,16H2,1-2H3,(H,17,18)/t11-/m1/s1. The highest BCUT2D eigenvalue weighted by Gasteiger charge is 2.59. The van der Waals surface area contributed by atoms with Gasteiger partial charge in [-0.2, -0.15) is 13.2 Å². The number of alkyl halides is 3. The molecule has 1 rings (SSSR count). The van der Waals surface area contributed by atoms with Crippen molar-refractivity contribution in [2.75, 3.05) is 0 Å². The maximum absolute atomic E-state index is 12.8. The smallest absolute Gasteiger partial charge is 0.421 e. The van der Waals surface area contributed by atoms with E-state index in [1.165, 1.54) is 12.1 Å². The predicted octanol–water partition coefficient (Wildman–Crippen LogP) is 2.61. The number of carboxylic acids is 1. The van der Waals surface area contributed by atoms with Gasteiger partial charge in [0.1, 0.15) is 0 Å². The second-order valence-corrected chi connectivity index (χ2v) is 4.39. The summed E-state index contributed by atoms with van der Waals surface area (Å²) in [6.07, 6.45) is -5.06. The van der Waals surface area contributed by atoms with E-state index in [-0.39, 0.29) is 5.92 Å². The molecule has 0 radical (unpaired) electrons. The Hall–Kier alpha value is -1.56. The minimum atomic E-state index is -5.06. The maximum atomic E-state index is 12.8. The fraction of sp³-hybridized carbons (Fsp3) is 0.417. The first-order chi connectivity index (χ1) is 8.10. The van der Waals surface area contributed by atoms with Crippen molar-refractivity contribution in [2.24, 2.45) is 5.73 Å². The first kappa shape index (κ1) is 14.5. The molecule has 0 amide bonds. The topological polar surface area (TPSA) is 63.3 Å². The molecule has 100 valence electrons. The molecule has 0 fully saturated rings. The molecule has 18 heavy (non-hydrogen) atoms. The Labute approximate surface area is 102 Å². The molecule has 0 heterocycles. The molecule has 0 spiro atoms. The zero-order chi connectivity index (χ0) is 14.1. The van der Waals surface area contributed by atoms with Crippen LogP contribution in [0, 0.1) is 0 Å². The Morgan fingerprint density at radius 2 is 1.67 bits per heavy atom. The van der Waals surface area contributed by atoms with E-state index < -0.39 is 23.2 Å². The number of nitrogens with two attached hydrogens (primary N) is 1. The Kier molecular flexibility index (Phi) is 3.71. The second kappa shape index (κ2) is 4.61. The average Bonchev–Trinajstić information content (AvgIpc) is 2.26. The number of carboxylic acid groups (broad SMARTS) is 1. The number of hydrogen-bond acceptors (Lipinski definition) is 2. The van der Waals surface area contributed by atoms with Crippen LogP contribution < -0.4 is 5.73 Å². The molecule has 3 N–H and O–H groups in total. The third-order valence-corrected chi connectivity index (χ3v) is 2.82. The lowest BCUT2D eigenvalue weighted by atomic mass is 9.88. The van der Waals surface area contributed by atoms with E-state index in [9.17, 15) is 18.0 Å². The van der Waals surface area contributed by atoms with Crippen molar-refractivity contribution >= 4 is 5.97 Å². The quantitative estimate of drug-likeness (QED) is 0.879. The molecule has 1 atom stereocenters. The molecule has 0 aromatic heterocycles. The second-order valence-electron chi connectivity index (χ2n) is 4.39. The van der Waals surface area contributed by atoms with Crippen LogP contribution in [-0.4, -0.2) is 17.3 Å². The summed E-state index contributed by atoms with van der Waals surface area (Å²) in [5.41, 5.74) is 2.00. The van der Waals surface area contributed by atoms with Gasteiger partial charge in [-0.1, -0.05) is 38.1 Å². The first-order valence-electron chi connectivity index (χ1n) is 5.30. The summed E-state index contributed by atoms with van der Waals surface area (Å²) < 4.78 is 38.4. The lowest BCUT2D eigenvalue weighted by Crippen LogP contribution is -2.56. The summed E-state index contributed by atoms with van der Waals surface area (Å²) in [6.45, 7) is 3.76. The van der Waals surface area contributed by atoms with Gasteiger partial charge in [0.15, 0.2) is 0 Å². The number of aliphatic carboxylic acids is 1. The molecule has 0 saturated carbocycles. The third kappa shape index (κ3) is 2.33. The highest BCUT2D eigenvalue weighted by atomic mass is 19.4. The van der Waals surface area contributed by atoms with Crippen LogP contribution in [0.4, 0.5) is 13.2 Å². The van der Waals surface area contributed by atoms with Gasteiger partial charge in [0.2, 0.25) is 5.54 Å². The van der Waals surface area contributed by atoms with E-state index in [0.29, 0.717) is 0 Å². The molecule has 0 aliphatic heterocycles. The van der Waals surface area contributed by atoms with Crippen LogP contribution in [0.15, 0.2) is 24.3 Å². The SMILES string of the molecule is CC(C)c1ccc([C@@](N)(C(=O)O)C(F)(F)F)cc1. The van der Waals surface area contributed by atoms with Crippen LogP contribution in [0.5, 0.6) is 0 Å². The summed E-state index contributed by atoms with van der Waals surface area (Å²) in [4.78, 5) is 10.8. The van der Waals surface area contributed by atoms with Gasteiger partial charge in [0.25, 0.3) is 0 Å². The Morgan fingerprint density at radius 1 is 1.22 bits per heavy atom. The summed E-state index contributed by atoms with van der Waals surface area (Å²) in [6, 6.07) is 5.13. The number of hydrogen-bond donors (Lipinski definition) is 2. The third-order valence-electron chi connectivity index (χ3n) is 2.82. The number of carbonyl (C=O) groups is 1. The zero-order valence-corrected chi connectivity index (χ0v) is 9.95. The maximum Gasteiger partial charge on any atom is 0.421 e. The molecule has 0 unspecified atom stereocenters. The van der Waals surface area contributed by atoms with Gasteiger partial charge in [-0.3, -0.25) is 0 Å². The molecule has 0 bridgehead atoms. The summed E-state index contributed by atoms with van der Waals surface area (Å²) in [5.74, 6) is -1.98. The summed E-state index contributed by atoms with van der Waals surface area (Å²) in [7, 11) is 0. The van der Waals surface area contributed by atoms with Crippen molar-refractivity contribution in [1.82, 2.24) is 0 Å². The number of benzene rings is 1. The Bertz CT molecular complexity index is 440. The fourth-order valence-corrected chi connectivity index (χ4v) is 1.54. The van der Waals surface area contributed by atoms with Crippen LogP contribution in [0.25, 0.3) is 0 Å². The molecular formula is C12H14F3NO2. The monoisotopic (exact) mass is 261 g/mol. The highest BCUT2D eigenvalue weighted by molar-refractivity contribution is 5.81. The van der Waals surface area contributed by atoms with E-state index >= 15 is 0 Å². The largest absolute Gasteiger partial charge is 0.479 e. The molecular weight excluding hydrogens is 247 g/mol. The van der Waals surface area contributed by atoms with Gasteiger partial charge < -0.3 is 10.8 Å². The molecule has 3 nitrogen and oxygen atoms in total. The fourth-order valence-electron chi connectivity index (χ4n) is 1.54. The molecule has 1 aromatic carbocycles. The van der Waals surface area contributed by atoms with Gasteiger partial charge in [0.05, 0.1) is 0 Å². The molecule has 0 aliphatic rings. The molecule has 6 heteroatoms. The Balaban J connectivity index is 3.28. The number of rotatable bonds is 3. The highest BCUT2D eigenvalue weighted by Crippen LogP contribution is 2.37. The van der Waals surface area contributed by atoms with Gasteiger partial charge >= 0.3 is 12.1 Å². The van der Waals surface area contributed by atoms with Crippen molar-refractivity contribution < 1.29 is 23.1 Å². The van der Waals surface area contributed by atoms with Crippen molar-refractivity contribution in [3.05, 3.63) is 35.4 Å². The van der Waals surface area contributed by atoms with Crippen LogP contribution >= 0.6 is 0 Å². The van der Waals surface area contributed by atoms with E-state index in [1.54, 1.807) is 0 Å². The van der Waals surface area contributed by atoms with Crippen LogP contribution in [-0.2, 0) is 10.3 Å². The van der Waals surface area contributed by atoms with Crippen LogP contribution in [0.3, 0.4) is 0 Å².